The van der Waals surface area contributed by atoms with Crippen LogP contribution in [0.25, 0.3) is 0 Å². The topological polar surface area (TPSA) is 76.0 Å². The number of ether oxygens (including phenoxy) is 2. The summed E-state index contributed by atoms with van der Waals surface area (Å²) >= 11 is 0.816. The normalized spacial score (nSPS) is 17.4. The summed E-state index contributed by atoms with van der Waals surface area (Å²) in [6, 6.07) is 0. The monoisotopic (exact) mass is 224 g/mol. The molecule has 0 aromatic rings. The Hall–Kier alpha value is -0.300. The number of hydrogen-bond acceptors (Lipinski definition) is 5. The van der Waals surface area contributed by atoms with Gasteiger partial charge in [-0.3, -0.25) is 0 Å². The van der Waals surface area contributed by atoms with Gasteiger partial charge in [0.15, 0.2) is 11.7 Å². The summed E-state index contributed by atoms with van der Waals surface area (Å²) in [4.78, 5) is 10.3. The van der Waals surface area contributed by atoms with Crippen molar-refractivity contribution in [3.8, 4) is 0 Å². The molecule has 3 atom stereocenters. The fraction of sp³-hybridized carbons (Fsp3) is 0.875. The minimum absolute atomic E-state index is 0.400. The highest BCUT2D eigenvalue weighted by atomic mass is 32.2. The summed E-state index contributed by atoms with van der Waals surface area (Å²) in [5.41, 5.74) is -1.89. The number of hydrogen-bond donors (Lipinski definition) is 2. The Morgan fingerprint density at radius 3 is 2.50 bits per heavy atom. The molecule has 0 aliphatic rings. The number of aliphatic carboxylic acids is 1. The van der Waals surface area contributed by atoms with E-state index in [1.165, 1.54) is 0 Å². The van der Waals surface area contributed by atoms with Crippen molar-refractivity contribution in [3.05, 3.63) is 0 Å². The first-order chi connectivity index (χ1) is 6.47. The number of carboxylic acid groups (broad SMARTS) is 1. The Labute approximate surface area is 87.4 Å². The molecular weight excluding hydrogens is 208 g/mol. The van der Waals surface area contributed by atoms with E-state index in [-0.39, 0.29) is 0 Å². The van der Waals surface area contributed by atoms with Crippen LogP contribution in [0.4, 0.5) is 0 Å². The molecule has 3 unspecified atom stereocenters. The van der Waals surface area contributed by atoms with Gasteiger partial charge in [-0.1, -0.05) is 11.8 Å². The van der Waals surface area contributed by atoms with Gasteiger partial charge >= 0.3 is 5.97 Å². The molecule has 5 nitrogen and oxygen atoms in total. The van der Waals surface area contributed by atoms with Crippen molar-refractivity contribution in [1.29, 1.82) is 0 Å². The van der Waals surface area contributed by atoms with Crippen molar-refractivity contribution in [2.24, 2.45) is 0 Å². The number of carboxylic acids is 1. The van der Waals surface area contributed by atoms with Crippen molar-refractivity contribution >= 4 is 17.7 Å². The molecule has 0 amide bonds. The van der Waals surface area contributed by atoms with Gasteiger partial charge in [-0.2, -0.15) is 0 Å². The molecule has 0 aliphatic heterocycles. The van der Waals surface area contributed by atoms with Crippen LogP contribution < -0.4 is 0 Å². The summed E-state index contributed by atoms with van der Waals surface area (Å²) < 4.78 is 10.3. The minimum atomic E-state index is -1.46. The fourth-order valence-corrected chi connectivity index (χ4v) is 1.52. The number of aliphatic hydroxyl groups is 1. The SMILES string of the molecule is CCOC(C)OC(C)SC(O)C(=O)O. The summed E-state index contributed by atoms with van der Waals surface area (Å²) in [6.45, 7) is 5.74. The van der Waals surface area contributed by atoms with Crippen LogP contribution >= 0.6 is 11.8 Å². The number of carbonyl (C=O) groups is 1. The molecule has 0 saturated heterocycles. The molecule has 0 radical (unpaired) electrons. The van der Waals surface area contributed by atoms with Gasteiger partial charge in [0.25, 0.3) is 0 Å². The maximum atomic E-state index is 10.3. The molecule has 0 aromatic heterocycles. The molecule has 2 N–H and O–H groups in total. The van der Waals surface area contributed by atoms with Crippen LogP contribution in [-0.4, -0.2) is 40.0 Å². The Bertz CT molecular complexity index is 175. The molecule has 0 saturated carbocycles. The highest BCUT2D eigenvalue weighted by Gasteiger charge is 2.19. The third-order valence-corrected chi connectivity index (χ3v) is 2.27. The van der Waals surface area contributed by atoms with E-state index in [0.29, 0.717) is 6.61 Å². The van der Waals surface area contributed by atoms with Crippen molar-refractivity contribution in [2.45, 2.75) is 37.9 Å². The molecule has 0 fully saturated rings. The van der Waals surface area contributed by atoms with Crippen molar-refractivity contribution in [1.82, 2.24) is 0 Å². The minimum Gasteiger partial charge on any atom is -0.479 e. The second-order valence-electron chi connectivity index (χ2n) is 2.55. The van der Waals surface area contributed by atoms with E-state index in [0.717, 1.165) is 11.8 Å². The van der Waals surface area contributed by atoms with Crippen LogP contribution in [0, 0.1) is 0 Å². The first kappa shape index (κ1) is 13.7. The second-order valence-corrected chi connectivity index (χ2v) is 3.94. The zero-order valence-corrected chi connectivity index (χ0v) is 9.28. The van der Waals surface area contributed by atoms with Gasteiger partial charge in [0.05, 0.1) is 0 Å². The molecule has 0 heterocycles. The van der Waals surface area contributed by atoms with Gasteiger partial charge in [-0.25, -0.2) is 4.79 Å². The number of thioether (sulfide) groups is 1. The Balaban J connectivity index is 3.74. The van der Waals surface area contributed by atoms with Gasteiger partial charge in [0.2, 0.25) is 0 Å². The van der Waals surface area contributed by atoms with Gasteiger partial charge < -0.3 is 19.7 Å². The Morgan fingerprint density at radius 2 is 2.07 bits per heavy atom. The van der Waals surface area contributed by atoms with Gasteiger partial charge in [0, 0.05) is 6.61 Å². The van der Waals surface area contributed by atoms with E-state index in [1.807, 2.05) is 6.92 Å². The van der Waals surface area contributed by atoms with E-state index < -0.39 is 23.1 Å². The van der Waals surface area contributed by atoms with E-state index in [2.05, 4.69) is 0 Å². The quantitative estimate of drug-likeness (QED) is 0.625. The van der Waals surface area contributed by atoms with Crippen LogP contribution in [0.1, 0.15) is 20.8 Å². The Morgan fingerprint density at radius 1 is 1.50 bits per heavy atom. The Kier molecular flexibility index (Phi) is 6.90. The molecule has 0 bridgehead atoms. The van der Waals surface area contributed by atoms with Gasteiger partial charge in [-0.15, -0.1) is 0 Å². The lowest BCUT2D eigenvalue weighted by molar-refractivity contribution is -0.143. The largest absolute Gasteiger partial charge is 0.479 e. The maximum Gasteiger partial charge on any atom is 0.343 e. The third kappa shape index (κ3) is 6.20. The first-order valence-corrected chi connectivity index (χ1v) is 5.25. The third-order valence-electron chi connectivity index (χ3n) is 1.32. The number of rotatable bonds is 7. The van der Waals surface area contributed by atoms with Crippen LogP contribution in [0.2, 0.25) is 0 Å². The lowest BCUT2D eigenvalue weighted by atomic mass is 10.7. The molecule has 84 valence electrons. The molecule has 0 rings (SSSR count). The summed E-state index contributed by atoms with van der Waals surface area (Å²) in [5.74, 6) is -1.27. The van der Waals surface area contributed by atoms with Crippen molar-refractivity contribution in [3.63, 3.8) is 0 Å². The maximum absolute atomic E-state index is 10.3. The van der Waals surface area contributed by atoms with Crippen molar-refractivity contribution < 1.29 is 24.5 Å². The van der Waals surface area contributed by atoms with E-state index in [1.54, 1.807) is 13.8 Å². The highest BCUT2D eigenvalue weighted by Crippen LogP contribution is 2.18. The second kappa shape index (κ2) is 7.05. The fourth-order valence-electron chi connectivity index (χ4n) is 0.816. The van der Waals surface area contributed by atoms with Gasteiger partial charge in [-0.05, 0) is 20.8 Å². The highest BCUT2D eigenvalue weighted by molar-refractivity contribution is 8.00. The lowest BCUT2D eigenvalue weighted by Crippen LogP contribution is -2.23. The van der Waals surface area contributed by atoms with Crippen LogP contribution in [0.5, 0.6) is 0 Å². The molecule has 0 aromatic carbocycles. The average molecular weight is 224 g/mol. The van der Waals surface area contributed by atoms with E-state index in [9.17, 15) is 4.79 Å². The molecular formula is C8H16O5S. The summed E-state index contributed by atoms with van der Waals surface area (Å²) in [6.07, 6.45) is -0.400. The standard InChI is InChI=1S/C8H16O5S/c1-4-12-5(2)13-6(3)14-8(11)7(9)10/h5-6,8,11H,4H2,1-3H3,(H,9,10). The predicted molar refractivity (Wildman–Crippen MR) is 52.9 cm³/mol. The number of aliphatic hydroxyl groups excluding tert-OH is 1. The van der Waals surface area contributed by atoms with Gasteiger partial charge in [0.1, 0.15) is 5.44 Å². The van der Waals surface area contributed by atoms with Crippen LogP contribution in [0.3, 0.4) is 0 Å². The molecule has 0 spiro atoms. The van der Waals surface area contributed by atoms with E-state index >= 15 is 0 Å². The molecule has 14 heavy (non-hydrogen) atoms. The lowest BCUT2D eigenvalue weighted by Gasteiger charge is -2.19. The summed E-state index contributed by atoms with van der Waals surface area (Å²) in [5, 5.41) is 17.4. The first-order valence-electron chi connectivity index (χ1n) is 4.30. The van der Waals surface area contributed by atoms with E-state index in [4.69, 9.17) is 19.7 Å². The average Bonchev–Trinajstić information content (AvgIpc) is 2.03. The zero-order chi connectivity index (χ0) is 11.1. The summed E-state index contributed by atoms with van der Waals surface area (Å²) in [7, 11) is 0. The predicted octanol–water partition coefficient (Wildman–Crippen LogP) is 0.868. The molecule has 6 heteroatoms. The smallest absolute Gasteiger partial charge is 0.343 e. The molecule has 0 aliphatic carbocycles. The van der Waals surface area contributed by atoms with Crippen LogP contribution in [-0.2, 0) is 14.3 Å². The van der Waals surface area contributed by atoms with Crippen molar-refractivity contribution in [2.75, 3.05) is 6.61 Å². The van der Waals surface area contributed by atoms with Crippen LogP contribution in [0.15, 0.2) is 0 Å². The zero-order valence-electron chi connectivity index (χ0n) is 8.47.